The SMILES string of the molecule is CC.Cc1c(N2CCN(C)CC2)ccc2c3c(c(=O)oc12)CNCC3. The number of nitrogens with one attached hydrogen (secondary N) is 1. The average molecular weight is 343 g/mol. The molecule has 136 valence electrons. The zero-order valence-corrected chi connectivity index (χ0v) is 15.8. The zero-order chi connectivity index (χ0) is 18.0. The highest BCUT2D eigenvalue weighted by Crippen LogP contribution is 2.31. The first-order valence-electron chi connectivity index (χ1n) is 9.37. The van der Waals surface area contributed by atoms with Gasteiger partial charge in [0.2, 0.25) is 0 Å². The third-order valence-corrected chi connectivity index (χ3v) is 5.21. The lowest BCUT2D eigenvalue weighted by Crippen LogP contribution is -2.44. The van der Waals surface area contributed by atoms with Crippen LogP contribution < -0.4 is 15.8 Å². The van der Waals surface area contributed by atoms with Crippen LogP contribution in [0.4, 0.5) is 5.69 Å². The molecule has 0 spiro atoms. The Balaban J connectivity index is 0.000000880. The maximum Gasteiger partial charge on any atom is 0.341 e. The van der Waals surface area contributed by atoms with Gasteiger partial charge in [-0.05, 0) is 44.6 Å². The number of piperazine rings is 1. The number of anilines is 1. The summed E-state index contributed by atoms with van der Waals surface area (Å²) < 4.78 is 5.71. The van der Waals surface area contributed by atoms with Crippen LogP contribution in [0.5, 0.6) is 0 Å². The molecule has 3 heterocycles. The molecule has 0 unspecified atom stereocenters. The van der Waals surface area contributed by atoms with Crippen LogP contribution >= 0.6 is 0 Å². The summed E-state index contributed by atoms with van der Waals surface area (Å²) in [6.07, 6.45) is 0.894. The van der Waals surface area contributed by atoms with Crippen molar-refractivity contribution < 1.29 is 4.42 Å². The highest BCUT2D eigenvalue weighted by Gasteiger charge is 2.22. The lowest BCUT2D eigenvalue weighted by atomic mass is 9.96. The van der Waals surface area contributed by atoms with Crippen molar-refractivity contribution in [3.05, 3.63) is 39.2 Å². The second kappa shape index (κ2) is 7.58. The molecule has 0 amide bonds. The van der Waals surface area contributed by atoms with Crippen LogP contribution in [0.25, 0.3) is 11.0 Å². The number of likely N-dealkylation sites (N-methyl/N-ethyl adjacent to an activating group) is 1. The highest BCUT2D eigenvalue weighted by molar-refractivity contribution is 5.88. The van der Waals surface area contributed by atoms with Crippen LogP contribution in [-0.2, 0) is 13.0 Å². The van der Waals surface area contributed by atoms with Crippen LogP contribution in [0, 0.1) is 6.92 Å². The second-order valence-corrected chi connectivity index (χ2v) is 6.65. The van der Waals surface area contributed by atoms with Crippen LogP contribution in [0.2, 0.25) is 0 Å². The Kier molecular flexibility index (Phi) is 5.45. The lowest BCUT2D eigenvalue weighted by Gasteiger charge is -2.35. The molecule has 5 heteroatoms. The standard InChI is InChI=1S/C18H23N3O2.C2H6/c1-12-16(21-9-7-20(2)8-10-21)4-3-14-13-5-6-19-11-15(13)18(22)23-17(12)14;1-2/h3-4,19H,5-11H2,1-2H3;1-2H3. The number of hydrogen-bond donors (Lipinski definition) is 1. The van der Waals surface area contributed by atoms with Gasteiger partial charge in [-0.1, -0.05) is 13.8 Å². The van der Waals surface area contributed by atoms with Gasteiger partial charge in [-0.25, -0.2) is 4.79 Å². The van der Waals surface area contributed by atoms with Crippen LogP contribution in [0.15, 0.2) is 21.3 Å². The number of fused-ring (bicyclic) bond motifs is 3. The van der Waals surface area contributed by atoms with Gasteiger partial charge in [-0.3, -0.25) is 0 Å². The third kappa shape index (κ3) is 3.31. The van der Waals surface area contributed by atoms with Gasteiger partial charge in [0.1, 0.15) is 5.58 Å². The summed E-state index contributed by atoms with van der Waals surface area (Å²) in [6.45, 7) is 11.8. The van der Waals surface area contributed by atoms with E-state index < -0.39 is 0 Å². The molecule has 2 aliphatic heterocycles. The van der Waals surface area contributed by atoms with Crippen molar-refractivity contribution in [2.75, 3.05) is 44.7 Å². The Morgan fingerprint density at radius 1 is 1.08 bits per heavy atom. The third-order valence-electron chi connectivity index (χ3n) is 5.21. The van der Waals surface area contributed by atoms with Gasteiger partial charge < -0.3 is 19.5 Å². The van der Waals surface area contributed by atoms with Crippen molar-refractivity contribution in [1.29, 1.82) is 0 Å². The summed E-state index contributed by atoms with van der Waals surface area (Å²) in [5.41, 5.74) is 4.84. The molecule has 2 aliphatic rings. The Bertz CT molecular complexity index is 805. The molecular weight excluding hydrogens is 314 g/mol. The Hall–Kier alpha value is -1.85. The predicted octanol–water partition coefficient (Wildman–Crippen LogP) is 2.53. The molecule has 1 N–H and O–H groups in total. The molecule has 1 aromatic carbocycles. The second-order valence-electron chi connectivity index (χ2n) is 6.65. The molecule has 25 heavy (non-hydrogen) atoms. The average Bonchev–Trinajstić information content (AvgIpc) is 2.66. The molecule has 0 aliphatic carbocycles. The maximum absolute atomic E-state index is 12.3. The summed E-state index contributed by atoms with van der Waals surface area (Å²) in [5.74, 6) is 0. The van der Waals surface area contributed by atoms with E-state index in [9.17, 15) is 4.79 Å². The first-order valence-corrected chi connectivity index (χ1v) is 9.37. The van der Waals surface area contributed by atoms with E-state index in [2.05, 4.69) is 41.2 Å². The molecule has 4 rings (SSSR count). The van der Waals surface area contributed by atoms with Gasteiger partial charge in [-0.15, -0.1) is 0 Å². The molecule has 5 nitrogen and oxygen atoms in total. The molecule has 2 aromatic rings. The van der Waals surface area contributed by atoms with E-state index in [1.54, 1.807) is 0 Å². The van der Waals surface area contributed by atoms with Gasteiger partial charge in [-0.2, -0.15) is 0 Å². The molecule has 1 saturated heterocycles. The predicted molar refractivity (Wildman–Crippen MR) is 104 cm³/mol. The van der Waals surface area contributed by atoms with E-state index in [1.165, 1.54) is 11.3 Å². The molecule has 0 bridgehead atoms. The smallest absolute Gasteiger partial charge is 0.341 e. The minimum atomic E-state index is -0.182. The largest absolute Gasteiger partial charge is 0.422 e. The highest BCUT2D eigenvalue weighted by atomic mass is 16.4. The summed E-state index contributed by atoms with van der Waals surface area (Å²) >= 11 is 0. The molecule has 1 aromatic heterocycles. The number of nitrogens with zero attached hydrogens (tertiary/aromatic N) is 2. The molecule has 0 saturated carbocycles. The van der Waals surface area contributed by atoms with Gasteiger partial charge in [0, 0.05) is 49.4 Å². The summed E-state index contributed by atoms with van der Waals surface area (Å²) in [5, 5.41) is 4.36. The zero-order valence-electron chi connectivity index (χ0n) is 15.8. The van der Waals surface area contributed by atoms with Gasteiger partial charge in [0.05, 0.1) is 5.56 Å². The summed E-state index contributed by atoms with van der Waals surface area (Å²) in [4.78, 5) is 17.1. The summed E-state index contributed by atoms with van der Waals surface area (Å²) in [7, 11) is 2.16. The fraction of sp³-hybridized carbons (Fsp3) is 0.550. The van der Waals surface area contributed by atoms with E-state index in [0.29, 0.717) is 6.54 Å². The van der Waals surface area contributed by atoms with Crippen molar-refractivity contribution in [3.63, 3.8) is 0 Å². The number of hydrogen-bond acceptors (Lipinski definition) is 5. The van der Waals surface area contributed by atoms with Crippen LogP contribution in [0.1, 0.15) is 30.5 Å². The Labute approximate surface area is 149 Å². The van der Waals surface area contributed by atoms with Gasteiger partial charge in [0.25, 0.3) is 0 Å². The van der Waals surface area contributed by atoms with E-state index in [-0.39, 0.29) is 5.63 Å². The first kappa shape index (κ1) is 18.0. The van der Waals surface area contributed by atoms with Crippen molar-refractivity contribution in [1.82, 2.24) is 10.2 Å². The number of rotatable bonds is 1. The van der Waals surface area contributed by atoms with Crippen molar-refractivity contribution >= 4 is 16.7 Å². The van der Waals surface area contributed by atoms with Crippen LogP contribution in [-0.4, -0.2) is 44.7 Å². The Morgan fingerprint density at radius 2 is 1.80 bits per heavy atom. The number of benzene rings is 1. The van der Waals surface area contributed by atoms with E-state index in [0.717, 1.165) is 61.2 Å². The van der Waals surface area contributed by atoms with E-state index >= 15 is 0 Å². The van der Waals surface area contributed by atoms with Gasteiger partial charge >= 0.3 is 5.63 Å². The minimum Gasteiger partial charge on any atom is -0.422 e. The van der Waals surface area contributed by atoms with Crippen LogP contribution in [0.3, 0.4) is 0 Å². The molecule has 1 fully saturated rings. The minimum absolute atomic E-state index is 0.182. The van der Waals surface area contributed by atoms with Crippen molar-refractivity contribution in [3.8, 4) is 0 Å². The molecule has 0 radical (unpaired) electrons. The first-order chi connectivity index (χ1) is 12.1. The van der Waals surface area contributed by atoms with E-state index in [4.69, 9.17) is 4.42 Å². The number of aryl methyl sites for hydroxylation is 1. The fourth-order valence-electron chi connectivity index (χ4n) is 3.77. The monoisotopic (exact) mass is 343 g/mol. The lowest BCUT2D eigenvalue weighted by molar-refractivity contribution is 0.312. The van der Waals surface area contributed by atoms with Crippen molar-refractivity contribution in [2.45, 2.75) is 33.7 Å². The quantitative estimate of drug-likeness (QED) is 0.807. The fourth-order valence-corrected chi connectivity index (χ4v) is 3.77. The Morgan fingerprint density at radius 3 is 2.52 bits per heavy atom. The normalized spacial score (nSPS) is 17.8. The van der Waals surface area contributed by atoms with Crippen molar-refractivity contribution in [2.24, 2.45) is 0 Å². The maximum atomic E-state index is 12.3. The molecule has 0 atom stereocenters. The van der Waals surface area contributed by atoms with Gasteiger partial charge in [0.15, 0.2) is 0 Å². The molecular formula is C20H29N3O2. The summed E-state index contributed by atoms with van der Waals surface area (Å²) in [6, 6.07) is 4.34. The topological polar surface area (TPSA) is 48.7 Å². The van der Waals surface area contributed by atoms with E-state index in [1.807, 2.05) is 13.8 Å².